The molecule has 3 heteroatoms. The molecule has 2 heterocycles. The van der Waals surface area contributed by atoms with Gasteiger partial charge >= 0.3 is 0 Å². The van der Waals surface area contributed by atoms with Gasteiger partial charge in [0.15, 0.2) is 0 Å². The standard InChI is InChI=1S/C54H35NO2/c1-4-15-36(16-5-1)39-21-14-22-40(33-39)53-48(31-32-51-54(53)46-24-11-13-26-50(46)56-51)55(42-28-30-45-44-23-10-12-25-49(44)57-52(45)35-42)41-27-29-43(37-17-6-2-7-18-37)47(34-41)38-19-8-3-9-20-38/h1-35H. The van der Waals surface area contributed by atoms with Gasteiger partial charge in [-0.15, -0.1) is 0 Å². The molecule has 0 bridgehead atoms. The topological polar surface area (TPSA) is 29.5 Å². The summed E-state index contributed by atoms with van der Waals surface area (Å²) in [6.45, 7) is 0. The maximum Gasteiger partial charge on any atom is 0.137 e. The molecule has 2 aromatic heterocycles. The fraction of sp³-hybridized carbons (Fsp3) is 0. The summed E-state index contributed by atoms with van der Waals surface area (Å²) in [6, 6.07) is 75.2. The first-order valence-electron chi connectivity index (χ1n) is 19.3. The molecule has 0 fully saturated rings. The monoisotopic (exact) mass is 729 g/mol. The van der Waals surface area contributed by atoms with Gasteiger partial charge in [0.2, 0.25) is 0 Å². The van der Waals surface area contributed by atoms with Crippen LogP contribution in [0.5, 0.6) is 0 Å². The van der Waals surface area contributed by atoms with Gasteiger partial charge in [-0.1, -0.05) is 152 Å². The van der Waals surface area contributed by atoms with Gasteiger partial charge in [-0.3, -0.25) is 0 Å². The lowest BCUT2D eigenvalue weighted by molar-refractivity contribution is 0.668. The normalized spacial score (nSPS) is 11.5. The van der Waals surface area contributed by atoms with Gasteiger partial charge in [0.05, 0.1) is 5.69 Å². The average Bonchev–Trinajstić information content (AvgIpc) is 3.85. The fourth-order valence-electron chi connectivity index (χ4n) is 8.45. The van der Waals surface area contributed by atoms with Crippen molar-refractivity contribution in [3.8, 4) is 44.5 Å². The van der Waals surface area contributed by atoms with Crippen LogP contribution in [-0.4, -0.2) is 0 Å². The molecule has 0 radical (unpaired) electrons. The molecule has 11 rings (SSSR count). The summed E-state index contributed by atoms with van der Waals surface area (Å²) < 4.78 is 13.1. The minimum absolute atomic E-state index is 0.838. The van der Waals surface area contributed by atoms with E-state index < -0.39 is 0 Å². The molecule has 0 aliphatic carbocycles. The van der Waals surface area contributed by atoms with Crippen molar-refractivity contribution in [1.82, 2.24) is 0 Å². The van der Waals surface area contributed by atoms with Crippen LogP contribution in [0.2, 0.25) is 0 Å². The Bertz CT molecular complexity index is 3230. The minimum Gasteiger partial charge on any atom is -0.456 e. The van der Waals surface area contributed by atoms with E-state index in [2.05, 4.69) is 199 Å². The zero-order valence-corrected chi connectivity index (χ0v) is 31.0. The summed E-state index contributed by atoms with van der Waals surface area (Å²) in [7, 11) is 0. The molecule has 0 aliphatic rings. The molecular weight excluding hydrogens is 695 g/mol. The minimum atomic E-state index is 0.838. The summed E-state index contributed by atoms with van der Waals surface area (Å²) in [5, 5.41) is 4.35. The Morgan fingerprint density at radius 3 is 1.60 bits per heavy atom. The average molecular weight is 730 g/mol. The van der Waals surface area contributed by atoms with E-state index in [-0.39, 0.29) is 0 Å². The third-order valence-electron chi connectivity index (χ3n) is 11.1. The highest BCUT2D eigenvalue weighted by atomic mass is 16.3. The number of rotatable bonds is 7. The second kappa shape index (κ2) is 13.6. The molecule has 3 nitrogen and oxygen atoms in total. The van der Waals surface area contributed by atoms with Crippen molar-refractivity contribution in [2.24, 2.45) is 0 Å². The van der Waals surface area contributed by atoms with Crippen molar-refractivity contribution >= 4 is 60.9 Å². The Morgan fingerprint density at radius 2 is 0.842 bits per heavy atom. The second-order valence-electron chi connectivity index (χ2n) is 14.5. The molecule has 0 unspecified atom stereocenters. The zero-order valence-electron chi connectivity index (χ0n) is 31.0. The SMILES string of the molecule is c1ccc(-c2cccc(-c3c(N(c4ccc(-c5ccccc5)c(-c5ccccc5)c4)c4ccc5c(c4)oc4ccccc45)ccc4oc5ccccc5c34)c2)cc1. The van der Waals surface area contributed by atoms with Gasteiger partial charge < -0.3 is 13.7 Å². The predicted octanol–water partition coefficient (Wildman–Crippen LogP) is 15.6. The maximum atomic E-state index is 6.58. The molecular formula is C54H35NO2. The van der Waals surface area contributed by atoms with Crippen LogP contribution in [0.1, 0.15) is 0 Å². The van der Waals surface area contributed by atoms with Gasteiger partial charge in [0.25, 0.3) is 0 Å². The molecule has 0 saturated heterocycles. The fourth-order valence-corrected chi connectivity index (χ4v) is 8.45. The number of benzene rings is 9. The van der Waals surface area contributed by atoms with Crippen molar-refractivity contribution in [2.75, 3.05) is 4.90 Å². The Labute approximate surface area is 330 Å². The lowest BCUT2D eigenvalue weighted by atomic mass is 9.92. The van der Waals surface area contributed by atoms with Crippen LogP contribution < -0.4 is 4.90 Å². The summed E-state index contributed by atoms with van der Waals surface area (Å²) in [4.78, 5) is 2.39. The van der Waals surface area contributed by atoms with Crippen LogP contribution in [-0.2, 0) is 0 Å². The molecule has 0 N–H and O–H groups in total. The van der Waals surface area contributed by atoms with Crippen molar-refractivity contribution in [3.63, 3.8) is 0 Å². The molecule has 9 aromatic carbocycles. The van der Waals surface area contributed by atoms with E-state index in [9.17, 15) is 0 Å². The van der Waals surface area contributed by atoms with Crippen LogP contribution in [0.3, 0.4) is 0 Å². The Balaban J connectivity index is 1.23. The second-order valence-corrected chi connectivity index (χ2v) is 14.5. The van der Waals surface area contributed by atoms with E-state index in [1.165, 1.54) is 16.7 Å². The number of anilines is 3. The molecule has 0 atom stereocenters. The van der Waals surface area contributed by atoms with Crippen LogP contribution >= 0.6 is 0 Å². The van der Waals surface area contributed by atoms with Crippen molar-refractivity contribution in [1.29, 1.82) is 0 Å². The van der Waals surface area contributed by atoms with Gasteiger partial charge in [-0.2, -0.15) is 0 Å². The molecule has 0 spiro atoms. The van der Waals surface area contributed by atoms with Crippen molar-refractivity contribution in [2.45, 2.75) is 0 Å². The van der Waals surface area contributed by atoms with Gasteiger partial charge in [-0.25, -0.2) is 0 Å². The Hall–Kier alpha value is -7.62. The van der Waals surface area contributed by atoms with E-state index >= 15 is 0 Å². The van der Waals surface area contributed by atoms with Crippen LogP contribution in [0.4, 0.5) is 17.1 Å². The highest BCUT2D eigenvalue weighted by Gasteiger charge is 2.25. The third-order valence-corrected chi connectivity index (χ3v) is 11.1. The number of hydrogen-bond donors (Lipinski definition) is 0. The summed E-state index contributed by atoms with van der Waals surface area (Å²) in [6.07, 6.45) is 0. The van der Waals surface area contributed by atoms with E-state index in [0.717, 1.165) is 88.8 Å². The predicted molar refractivity (Wildman–Crippen MR) is 237 cm³/mol. The van der Waals surface area contributed by atoms with E-state index in [1.54, 1.807) is 0 Å². The van der Waals surface area contributed by atoms with Gasteiger partial charge in [0.1, 0.15) is 22.3 Å². The first kappa shape index (κ1) is 32.8. The number of nitrogens with zero attached hydrogens (tertiary/aromatic N) is 1. The molecule has 0 saturated carbocycles. The van der Waals surface area contributed by atoms with Gasteiger partial charge in [-0.05, 0) is 93.5 Å². The van der Waals surface area contributed by atoms with E-state index in [1.807, 2.05) is 18.2 Å². The molecule has 57 heavy (non-hydrogen) atoms. The number of fused-ring (bicyclic) bond motifs is 6. The van der Waals surface area contributed by atoms with E-state index in [4.69, 9.17) is 8.83 Å². The highest BCUT2D eigenvalue weighted by molar-refractivity contribution is 6.17. The molecule has 0 amide bonds. The molecule has 268 valence electrons. The molecule has 11 aromatic rings. The lowest BCUT2D eigenvalue weighted by Crippen LogP contribution is -2.12. The third kappa shape index (κ3) is 5.68. The van der Waals surface area contributed by atoms with Crippen LogP contribution in [0, 0.1) is 0 Å². The van der Waals surface area contributed by atoms with Crippen molar-refractivity contribution in [3.05, 3.63) is 212 Å². The first-order chi connectivity index (χ1) is 28.3. The summed E-state index contributed by atoms with van der Waals surface area (Å²) in [5.41, 5.74) is 15.6. The highest BCUT2D eigenvalue weighted by Crippen LogP contribution is 2.49. The summed E-state index contributed by atoms with van der Waals surface area (Å²) >= 11 is 0. The smallest absolute Gasteiger partial charge is 0.137 e. The lowest BCUT2D eigenvalue weighted by Gasteiger charge is -2.29. The zero-order chi connectivity index (χ0) is 37.7. The number of hydrogen-bond acceptors (Lipinski definition) is 3. The van der Waals surface area contributed by atoms with Gasteiger partial charge in [0, 0.05) is 44.5 Å². The molecule has 0 aliphatic heterocycles. The van der Waals surface area contributed by atoms with Crippen molar-refractivity contribution < 1.29 is 8.83 Å². The Kier molecular flexibility index (Phi) is 7.82. The van der Waals surface area contributed by atoms with Crippen LogP contribution in [0.25, 0.3) is 88.4 Å². The first-order valence-corrected chi connectivity index (χ1v) is 19.3. The number of furan rings is 2. The quantitative estimate of drug-likeness (QED) is 0.164. The maximum absolute atomic E-state index is 6.58. The number of para-hydroxylation sites is 2. The summed E-state index contributed by atoms with van der Waals surface area (Å²) in [5.74, 6) is 0. The largest absolute Gasteiger partial charge is 0.456 e. The van der Waals surface area contributed by atoms with Crippen LogP contribution in [0.15, 0.2) is 221 Å². The van der Waals surface area contributed by atoms with E-state index in [0.29, 0.717) is 0 Å². The Morgan fingerprint density at radius 1 is 0.298 bits per heavy atom.